The van der Waals surface area contributed by atoms with Crippen molar-refractivity contribution in [3.63, 3.8) is 0 Å². The lowest BCUT2D eigenvalue weighted by atomic mass is 10.1. The zero-order chi connectivity index (χ0) is 13.1. The van der Waals surface area contributed by atoms with Gasteiger partial charge < -0.3 is 5.73 Å². The van der Waals surface area contributed by atoms with Crippen molar-refractivity contribution in [3.05, 3.63) is 57.6 Å². The number of aromatic nitrogens is 2. The van der Waals surface area contributed by atoms with Crippen LogP contribution in [-0.4, -0.2) is 9.97 Å². The maximum absolute atomic E-state index is 6.06. The van der Waals surface area contributed by atoms with Crippen molar-refractivity contribution in [1.82, 2.24) is 9.97 Å². The van der Waals surface area contributed by atoms with E-state index < -0.39 is 0 Å². The van der Waals surface area contributed by atoms with E-state index in [9.17, 15) is 0 Å². The molecule has 1 unspecified atom stereocenters. The normalized spacial score (nSPS) is 12.4. The number of nitrogens with zero attached hydrogens (tertiary/aromatic N) is 2. The van der Waals surface area contributed by atoms with Gasteiger partial charge in [0.1, 0.15) is 5.82 Å². The molecule has 0 bridgehead atoms. The minimum Gasteiger partial charge on any atom is -0.321 e. The largest absolute Gasteiger partial charge is 0.321 e. The molecule has 0 saturated heterocycles. The Morgan fingerprint density at radius 2 is 1.83 bits per heavy atom. The minimum atomic E-state index is -0.247. The molecule has 2 N–H and O–H groups in total. The average molecular weight is 282 g/mol. The summed E-state index contributed by atoms with van der Waals surface area (Å²) < 4.78 is 0. The van der Waals surface area contributed by atoms with Crippen LogP contribution in [0.5, 0.6) is 0 Å². The molecular formula is C13H13Cl2N3. The van der Waals surface area contributed by atoms with Crippen LogP contribution in [-0.2, 0) is 6.42 Å². The SMILES string of the molecule is Cc1cnc(C(N)Cc2ccc(Cl)c(Cl)c2)nc1. The van der Waals surface area contributed by atoms with Crippen LogP contribution in [0, 0.1) is 6.92 Å². The van der Waals surface area contributed by atoms with Crippen LogP contribution in [0.15, 0.2) is 30.6 Å². The fourth-order valence-corrected chi connectivity index (χ4v) is 1.93. The van der Waals surface area contributed by atoms with Gasteiger partial charge in [-0.3, -0.25) is 0 Å². The van der Waals surface area contributed by atoms with Crippen molar-refractivity contribution in [2.24, 2.45) is 5.73 Å². The Morgan fingerprint density at radius 3 is 2.44 bits per heavy atom. The van der Waals surface area contributed by atoms with Crippen molar-refractivity contribution < 1.29 is 0 Å². The number of rotatable bonds is 3. The number of hydrogen-bond donors (Lipinski definition) is 1. The van der Waals surface area contributed by atoms with Crippen molar-refractivity contribution in [2.45, 2.75) is 19.4 Å². The number of hydrogen-bond acceptors (Lipinski definition) is 3. The third kappa shape index (κ3) is 3.19. The van der Waals surface area contributed by atoms with Gasteiger partial charge in [-0.05, 0) is 36.6 Å². The van der Waals surface area contributed by atoms with Gasteiger partial charge in [-0.2, -0.15) is 0 Å². The second kappa shape index (κ2) is 5.65. The van der Waals surface area contributed by atoms with Gasteiger partial charge in [0, 0.05) is 12.4 Å². The van der Waals surface area contributed by atoms with E-state index in [0.717, 1.165) is 11.1 Å². The number of nitrogens with two attached hydrogens (primary N) is 1. The lowest BCUT2D eigenvalue weighted by Crippen LogP contribution is -2.16. The van der Waals surface area contributed by atoms with Crippen molar-refractivity contribution in [2.75, 3.05) is 0 Å². The van der Waals surface area contributed by atoms with Crippen LogP contribution in [0.4, 0.5) is 0 Å². The second-order valence-electron chi connectivity index (χ2n) is 4.18. The summed E-state index contributed by atoms with van der Waals surface area (Å²) in [6.45, 7) is 1.94. The lowest BCUT2D eigenvalue weighted by molar-refractivity contribution is 0.665. The van der Waals surface area contributed by atoms with Crippen LogP contribution in [0.2, 0.25) is 10.0 Å². The smallest absolute Gasteiger partial charge is 0.145 e. The molecular weight excluding hydrogens is 269 g/mol. The highest BCUT2D eigenvalue weighted by Crippen LogP contribution is 2.24. The van der Waals surface area contributed by atoms with E-state index in [4.69, 9.17) is 28.9 Å². The third-order valence-corrected chi connectivity index (χ3v) is 3.31. The summed E-state index contributed by atoms with van der Waals surface area (Å²) in [5.74, 6) is 0.631. The molecule has 0 aliphatic carbocycles. The number of aryl methyl sites for hydroxylation is 1. The summed E-state index contributed by atoms with van der Waals surface area (Å²) in [7, 11) is 0. The molecule has 0 fully saturated rings. The Kier molecular flexibility index (Phi) is 4.17. The summed E-state index contributed by atoms with van der Waals surface area (Å²) >= 11 is 11.8. The van der Waals surface area contributed by atoms with E-state index in [2.05, 4.69) is 9.97 Å². The second-order valence-corrected chi connectivity index (χ2v) is 4.99. The molecule has 1 heterocycles. The monoisotopic (exact) mass is 281 g/mol. The summed E-state index contributed by atoms with van der Waals surface area (Å²) in [5.41, 5.74) is 8.09. The van der Waals surface area contributed by atoms with E-state index in [1.54, 1.807) is 18.5 Å². The molecule has 2 rings (SSSR count). The molecule has 0 saturated carbocycles. The van der Waals surface area contributed by atoms with Gasteiger partial charge in [0.2, 0.25) is 0 Å². The zero-order valence-corrected chi connectivity index (χ0v) is 11.4. The first-order valence-corrected chi connectivity index (χ1v) is 6.30. The van der Waals surface area contributed by atoms with Crippen LogP contribution in [0.1, 0.15) is 23.0 Å². The van der Waals surface area contributed by atoms with Gasteiger partial charge in [0.05, 0.1) is 16.1 Å². The summed E-state index contributed by atoms with van der Waals surface area (Å²) in [5, 5.41) is 1.08. The van der Waals surface area contributed by atoms with Gasteiger partial charge in [-0.1, -0.05) is 29.3 Å². The van der Waals surface area contributed by atoms with Crippen LogP contribution in [0.3, 0.4) is 0 Å². The zero-order valence-electron chi connectivity index (χ0n) is 9.90. The lowest BCUT2D eigenvalue weighted by Gasteiger charge is -2.10. The van der Waals surface area contributed by atoms with E-state index >= 15 is 0 Å². The van der Waals surface area contributed by atoms with E-state index in [1.165, 1.54) is 0 Å². The van der Waals surface area contributed by atoms with Gasteiger partial charge in [0.15, 0.2) is 0 Å². The van der Waals surface area contributed by atoms with Gasteiger partial charge in [0.25, 0.3) is 0 Å². The maximum atomic E-state index is 6.06. The molecule has 0 aliphatic heterocycles. The highest BCUT2D eigenvalue weighted by Gasteiger charge is 2.10. The van der Waals surface area contributed by atoms with Crippen LogP contribution < -0.4 is 5.73 Å². The molecule has 1 atom stereocenters. The summed E-state index contributed by atoms with van der Waals surface area (Å²) in [4.78, 5) is 8.44. The fourth-order valence-electron chi connectivity index (χ4n) is 1.61. The number of benzene rings is 1. The van der Waals surface area contributed by atoms with Crippen molar-refractivity contribution in [1.29, 1.82) is 0 Å². The fraction of sp³-hybridized carbons (Fsp3) is 0.231. The standard InChI is InChI=1S/C13H13Cl2N3/c1-8-6-17-13(18-7-8)12(16)5-9-2-3-10(14)11(15)4-9/h2-4,6-7,12H,5,16H2,1H3. The number of halogens is 2. The first-order valence-electron chi connectivity index (χ1n) is 5.54. The van der Waals surface area contributed by atoms with Crippen molar-refractivity contribution >= 4 is 23.2 Å². The molecule has 2 aromatic rings. The Balaban J connectivity index is 2.13. The Morgan fingerprint density at radius 1 is 1.17 bits per heavy atom. The molecule has 0 amide bonds. The Labute approximate surface area is 116 Å². The third-order valence-electron chi connectivity index (χ3n) is 2.57. The highest BCUT2D eigenvalue weighted by atomic mass is 35.5. The minimum absolute atomic E-state index is 0.247. The molecule has 3 nitrogen and oxygen atoms in total. The highest BCUT2D eigenvalue weighted by molar-refractivity contribution is 6.42. The predicted octanol–water partition coefficient (Wildman–Crippen LogP) is 3.33. The molecule has 94 valence electrons. The topological polar surface area (TPSA) is 51.8 Å². The molecule has 0 aliphatic rings. The quantitative estimate of drug-likeness (QED) is 0.939. The Hall–Kier alpha value is -1.16. The van der Waals surface area contributed by atoms with Gasteiger partial charge in [-0.15, -0.1) is 0 Å². The average Bonchev–Trinajstić information content (AvgIpc) is 2.34. The first kappa shape index (κ1) is 13.3. The first-order chi connectivity index (χ1) is 8.56. The molecule has 0 spiro atoms. The van der Waals surface area contributed by atoms with Gasteiger partial charge in [-0.25, -0.2) is 9.97 Å². The van der Waals surface area contributed by atoms with Crippen LogP contribution >= 0.6 is 23.2 Å². The maximum Gasteiger partial charge on any atom is 0.145 e. The molecule has 0 radical (unpaired) electrons. The van der Waals surface area contributed by atoms with Crippen LogP contribution in [0.25, 0.3) is 0 Å². The predicted molar refractivity (Wildman–Crippen MR) is 73.9 cm³/mol. The van der Waals surface area contributed by atoms with E-state index in [-0.39, 0.29) is 6.04 Å². The molecule has 18 heavy (non-hydrogen) atoms. The van der Waals surface area contributed by atoms with E-state index in [0.29, 0.717) is 22.3 Å². The summed E-state index contributed by atoms with van der Waals surface area (Å²) in [6.07, 6.45) is 4.15. The van der Waals surface area contributed by atoms with Gasteiger partial charge >= 0.3 is 0 Å². The Bertz CT molecular complexity index is 540. The van der Waals surface area contributed by atoms with Crippen molar-refractivity contribution in [3.8, 4) is 0 Å². The summed E-state index contributed by atoms with van der Waals surface area (Å²) in [6, 6.07) is 5.24. The molecule has 1 aromatic carbocycles. The molecule has 5 heteroatoms. The van der Waals surface area contributed by atoms with E-state index in [1.807, 2.05) is 19.1 Å². The molecule has 1 aromatic heterocycles.